The van der Waals surface area contributed by atoms with E-state index in [0.717, 1.165) is 16.3 Å². The monoisotopic (exact) mass is 389 g/mol. The Morgan fingerprint density at radius 1 is 1.19 bits per heavy atom. The van der Waals surface area contributed by atoms with E-state index in [1.807, 2.05) is 0 Å². The summed E-state index contributed by atoms with van der Waals surface area (Å²) in [5.74, 6) is -0.463. The maximum atomic E-state index is 12.8. The number of thioether (sulfide) groups is 1. The van der Waals surface area contributed by atoms with Gasteiger partial charge < -0.3 is 13.8 Å². The second-order valence-corrected chi connectivity index (χ2v) is 5.94. The van der Waals surface area contributed by atoms with Gasteiger partial charge in [-0.25, -0.2) is 4.39 Å². The third-order valence-electron chi connectivity index (χ3n) is 3.10. The number of halogens is 4. The van der Waals surface area contributed by atoms with Crippen LogP contribution < -0.4 is 4.74 Å². The van der Waals surface area contributed by atoms with E-state index in [0.29, 0.717) is 5.75 Å². The van der Waals surface area contributed by atoms with Crippen molar-refractivity contribution in [1.82, 2.24) is 24.9 Å². The Balaban J connectivity index is 1.55. The predicted molar refractivity (Wildman–Crippen MR) is 80.6 cm³/mol. The highest BCUT2D eigenvalue weighted by molar-refractivity contribution is 7.98. The summed E-state index contributed by atoms with van der Waals surface area (Å²) < 4.78 is 62.0. The van der Waals surface area contributed by atoms with Crippen LogP contribution in [0.1, 0.15) is 17.5 Å². The van der Waals surface area contributed by atoms with Gasteiger partial charge in [-0.1, -0.05) is 16.9 Å². The third-order valence-corrected chi connectivity index (χ3v) is 4.11. The molecule has 0 fully saturated rings. The predicted octanol–water partition coefficient (Wildman–Crippen LogP) is 3.23. The van der Waals surface area contributed by atoms with Gasteiger partial charge in [-0.15, -0.1) is 10.2 Å². The number of hydrogen-bond donors (Lipinski definition) is 0. The molecule has 0 spiro atoms. The van der Waals surface area contributed by atoms with Crippen LogP contribution in [0.5, 0.6) is 5.75 Å². The fourth-order valence-corrected chi connectivity index (χ4v) is 2.65. The van der Waals surface area contributed by atoms with Crippen molar-refractivity contribution < 1.29 is 26.8 Å². The molecule has 2 heterocycles. The zero-order valence-electron chi connectivity index (χ0n) is 13.2. The molecule has 12 heteroatoms. The molecule has 0 N–H and O–H groups in total. The number of hydrogen-bond acceptors (Lipinski definition) is 7. The Bertz CT molecular complexity index is 878. The first-order valence-electron chi connectivity index (χ1n) is 7.12. The summed E-state index contributed by atoms with van der Waals surface area (Å²) in [5.41, 5.74) is 0. The van der Waals surface area contributed by atoms with E-state index in [1.54, 1.807) is 0 Å². The Kier molecular flexibility index (Phi) is 5.11. The lowest BCUT2D eigenvalue weighted by Crippen LogP contribution is -2.12. The summed E-state index contributed by atoms with van der Waals surface area (Å²) in [5, 5.41) is 10.4. The van der Waals surface area contributed by atoms with Crippen molar-refractivity contribution >= 4 is 11.8 Å². The van der Waals surface area contributed by atoms with E-state index < -0.39 is 12.0 Å². The average Bonchev–Trinajstić information content (AvgIpc) is 3.18. The lowest BCUT2D eigenvalue weighted by molar-refractivity contribution is -0.147. The molecule has 7 nitrogen and oxygen atoms in total. The van der Waals surface area contributed by atoms with E-state index >= 15 is 0 Å². The van der Waals surface area contributed by atoms with Gasteiger partial charge in [0.15, 0.2) is 11.8 Å². The Morgan fingerprint density at radius 3 is 2.58 bits per heavy atom. The first-order valence-corrected chi connectivity index (χ1v) is 8.10. The van der Waals surface area contributed by atoms with Gasteiger partial charge >= 0.3 is 6.18 Å². The van der Waals surface area contributed by atoms with E-state index in [4.69, 9.17) is 9.26 Å². The molecular formula is C14H11F4N5O2S. The molecule has 0 aliphatic heterocycles. The van der Waals surface area contributed by atoms with Gasteiger partial charge in [0.1, 0.15) is 11.6 Å². The molecule has 3 rings (SSSR count). The van der Waals surface area contributed by atoms with Crippen LogP contribution in [0, 0.1) is 5.82 Å². The lowest BCUT2D eigenvalue weighted by Gasteiger charge is -2.05. The fraction of sp³-hybridized carbons (Fsp3) is 0.286. The van der Waals surface area contributed by atoms with E-state index in [-0.39, 0.29) is 35.0 Å². The number of ether oxygens (including phenoxy) is 1. The van der Waals surface area contributed by atoms with Crippen molar-refractivity contribution in [3.63, 3.8) is 0 Å². The molecule has 26 heavy (non-hydrogen) atoms. The van der Waals surface area contributed by atoms with Crippen molar-refractivity contribution in [2.24, 2.45) is 7.05 Å². The number of rotatable bonds is 6. The Labute approximate surface area is 148 Å². The number of benzene rings is 1. The topological polar surface area (TPSA) is 78.9 Å². The normalized spacial score (nSPS) is 11.7. The summed E-state index contributed by atoms with van der Waals surface area (Å²) in [6.07, 6.45) is -4.57. The molecule has 3 aromatic rings. The van der Waals surface area contributed by atoms with Gasteiger partial charge in [-0.3, -0.25) is 0 Å². The second kappa shape index (κ2) is 7.32. The van der Waals surface area contributed by atoms with Gasteiger partial charge in [0.2, 0.25) is 17.5 Å². The molecule has 1 aromatic carbocycles. The van der Waals surface area contributed by atoms with Crippen molar-refractivity contribution in [3.05, 3.63) is 47.6 Å². The highest BCUT2D eigenvalue weighted by atomic mass is 32.2. The zero-order valence-corrected chi connectivity index (χ0v) is 14.0. The number of nitrogens with zero attached hydrogens (tertiary/aromatic N) is 5. The van der Waals surface area contributed by atoms with Crippen molar-refractivity contribution in [1.29, 1.82) is 0 Å². The van der Waals surface area contributed by atoms with Crippen LogP contribution in [0.4, 0.5) is 17.6 Å². The zero-order chi connectivity index (χ0) is 18.7. The minimum atomic E-state index is -4.57. The fourth-order valence-electron chi connectivity index (χ4n) is 1.90. The number of aromatic nitrogens is 5. The van der Waals surface area contributed by atoms with Crippen LogP contribution in [0.3, 0.4) is 0 Å². The van der Waals surface area contributed by atoms with E-state index in [1.165, 1.54) is 31.3 Å². The summed E-state index contributed by atoms with van der Waals surface area (Å²) in [6.45, 7) is 0.00197. The summed E-state index contributed by atoms with van der Waals surface area (Å²) >= 11 is 0.977. The van der Waals surface area contributed by atoms with Crippen molar-refractivity contribution in [2.75, 3.05) is 0 Å². The Morgan fingerprint density at radius 2 is 1.92 bits per heavy atom. The molecule has 0 radical (unpaired) electrons. The maximum absolute atomic E-state index is 12.8. The molecule has 0 amide bonds. The quantitative estimate of drug-likeness (QED) is 0.473. The van der Waals surface area contributed by atoms with Crippen LogP contribution in [0.25, 0.3) is 0 Å². The van der Waals surface area contributed by atoms with Gasteiger partial charge in [-0.05, 0) is 24.3 Å². The van der Waals surface area contributed by atoms with Crippen molar-refractivity contribution in [2.45, 2.75) is 23.7 Å². The van der Waals surface area contributed by atoms with Crippen LogP contribution in [0.15, 0.2) is 33.9 Å². The number of alkyl halides is 3. The average molecular weight is 389 g/mol. The summed E-state index contributed by atoms with van der Waals surface area (Å²) in [7, 11) is 1.22. The minimum Gasteiger partial charge on any atom is -0.485 e. The largest absolute Gasteiger partial charge is 0.485 e. The first kappa shape index (κ1) is 18.2. The third kappa shape index (κ3) is 4.31. The highest BCUT2D eigenvalue weighted by Gasteiger charge is 2.37. The van der Waals surface area contributed by atoms with Crippen LogP contribution in [-0.2, 0) is 25.6 Å². The standard InChI is InChI=1S/C14H11F4N5O2S/c1-23-12(14(16,17)18)20-21-13(23)26-7-11-19-10(22-25-11)6-24-9-4-2-8(15)3-5-9/h2-5H,6-7H2,1H3. The first-order chi connectivity index (χ1) is 12.3. The molecule has 2 aromatic heterocycles. The molecule has 0 saturated carbocycles. The SMILES string of the molecule is Cn1c(SCc2nc(COc3ccc(F)cc3)no2)nnc1C(F)(F)F. The van der Waals surface area contributed by atoms with Gasteiger partial charge in [0.25, 0.3) is 0 Å². The van der Waals surface area contributed by atoms with Crippen molar-refractivity contribution in [3.8, 4) is 5.75 Å². The molecule has 0 unspecified atom stereocenters. The van der Waals surface area contributed by atoms with Gasteiger partial charge in [0.05, 0.1) is 5.75 Å². The molecule has 0 bridgehead atoms. The molecule has 0 aliphatic rings. The Hall–Kier alpha value is -2.63. The van der Waals surface area contributed by atoms with E-state index in [2.05, 4.69) is 20.3 Å². The molecule has 0 atom stereocenters. The summed E-state index contributed by atoms with van der Waals surface area (Å²) in [6, 6.07) is 5.42. The molecule has 138 valence electrons. The maximum Gasteiger partial charge on any atom is 0.451 e. The van der Waals surface area contributed by atoms with Crippen LogP contribution >= 0.6 is 11.8 Å². The smallest absolute Gasteiger partial charge is 0.451 e. The molecule has 0 aliphatic carbocycles. The van der Waals surface area contributed by atoms with Gasteiger partial charge in [-0.2, -0.15) is 18.2 Å². The van der Waals surface area contributed by atoms with E-state index in [9.17, 15) is 17.6 Å². The summed E-state index contributed by atoms with van der Waals surface area (Å²) in [4.78, 5) is 4.07. The van der Waals surface area contributed by atoms with Crippen LogP contribution in [0.2, 0.25) is 0 Å². The van der Waals surface area contributed by atoms with Crippen LogP contribution in [-0.4, -0.2) is 24.9 Å². The van der Waals surface area contributed by atoms with Gasteiger partial charge in [0, 0.05) is 7.05 Å². The molecular weight excluding hydrogens is 378 g/mol. The highest BCUT2D eigenvalue weighted by Crippen LogP contribution is 2.30. The molecule has 0 saturated heterocycles. The lowest BCUT2D eigenvalue weighted by atomic mass is 10.3. The second-order valence-electron chi connectivity index (χ2n) is 5.00. The minimum absolute atomic E-state index is 0.00197.